The van der Waals surface area contributed by atoms with Gasteiger partial charge in [-0.25, -0.2) is 0 Å². The first-order valence-electron chi connectivity index (χ1n) is 3.14. The predicted molar refractivity (Wildman–Crippen MR) is 31.9 cm³/mol. The molecule has 0 aromatic heterocycles. The number of hydrogen-bond donors (Lipinski definition) is 0. The zero-order valence-electron chi connectivity index (χ0n) is 6.42. The molecule has 1 aliphatic carbocycles. The largest absolute Gasteiger partial charge is 1.00 e. The van der Waals surface area contributed by atoms with Crippen LogP contribution in [-0.2, 0) is 9.59 Å². The Bertz CT molecular complexity index is 208. The van der Waals surface area contributed by atoms with Crippen LogP contribution in [0.2, 0.25) is 0 Å². The van der Waals surface area contributed by atoms with Crippen LogP contribution in [0.5, 0.6) is 0 Å². The number of hydrogen-bond acceptors (Lipinski definition) is 3. The Morgan fingerprint density at radius 1 is 1.36 bits per heavy atom. The van der Waals surface area contributed by atoms with Crippen molar-refractivity contribution in [2.75, 3.05) is 0 Å². The van der Waals surface area contributed by atoms with Gasteiger partial charge in [-0.15, -0.1) is 5.76 Å². The second-order valence-corrected chi connectivity index (χ2v) is 2.23. The Hall–Kier alpha value is -0.120. The minimum absolute atomic E-state index is 0. The standard InChI is InChI=1S/C7H8O3.Na/c8-4-5-6(9)2-1-3-7(5)10;/h4,9H,1-3H2;/q;+1/p-1. The minimum atomic E-state index is -0.300. The van der Waals surface area contributed by atoms with Gasteiger partial charge >= 0.3 is 29.6 Å². The Balaban J connectivity index is 0.000001000. The molecular weight excluding hydrogens is 155 g/mol. The number of rotatable bonds is 1. The molecule has 4 heteroatoms. The summed E-state index contributed by atoms with van der Waals surface area (Å²) in [7, 11) is 0. The maximum absolute atomic E-state index is 10.7. The van der Waals surface area contributed by atoms with E-state index in [4.69, 9.17) is 0 Å². The zero-order chi connectivity index (χ0) is 7.56. The van der Waals surface area contributed by atoms with Gasteiger partial charge in [0.05, 0.1) is 0 Å². The van der Waals surface area contributed by atoms with E-state index in [1.54, 1.807) is 0 Å². The first-order chi connectivity index (χ1) is 4.75. The van der Waals surface area contributed by atoms with E-state index in [9.17, 15) is 14.7 Å². The van der Waals surface area contributed by atoms with Gasteiger partial charge in [-0.05, 0) is 12.8 Å². The molecule has 0 unspecified atom stereocenters. The van der Waals surface area contributed by atoms with Gasteiger partial charge < -0.3 is 5.11 Å². The van der Waals surface area contributed by atoms with E-state index >= 15 is 0 Å². The summed E-state index contributed by atoms with van der Waals surface area (Å²) in [5.41, 5.74) is -0.147. The molecular formula is C7H7NaO3. The number of aldehydes is 1. The molecule has 3 nitrogen and oxygen atoms in total. The second-order valence-electron chi connectivity index (χ2n) is 2.23. The molecule has 54 valence electrons. The molecule has 0 fully saturated rings. The average molecular weight is 162 g/mol. The molecule has 0 aliphatic heterocycles. The van der Waals surface area contributed by atoms with Gasteiger partial charge in [0.1, 0.15) is 0 Å². The van der Waals surface area contributed by atoms with Gasteiger partial charge in [-0.3, -0.25) is 9.59 Å². The summed E-state index contributed by atoms with van der Waals surface area (Å²) in [6.45, 7) is 0. The fourth-order valence-electron chi connectivity index (χ4n) is 0.966. The molecule has 0 aromatic rings. The third-order valence-corrected chi connectivity index (χ3v) is 1.53. The van der Waals surface area contributed by atoms with Crippen molar-refractivity contribution in [3.8, 4) is 0 Å². The van der Waals surface area contributed by atoms with Crippen molar-refractivity contribution in [1.82, 2.24) is 0 Å². The summed E-state index contributed by atoms with van der Waals surface area (Å²) in [5, 5.41) is 10.7. The van der Waals surface area contributed by atoms with Gasteiger partial charge in [0.25, 0.3) is 0 Å². The molecule has 0 saturated carbocycles. The Kier molecular flexibility index (Phi) is 4.65. The monoisotopic (exact) mass is 162 g/mol. The number of Topliss-reactive ketones (excluding diaryl/α,β-unsaturated/α-hetero) is 1. The third kappa shape index (κ3) is 2.43. The van der Waals surface area contributed by atoms with Crippen LogP contribution in [0.15, 0.2) is 11.3 Å². The van der Waals surface area contributed by atoms with Gasteiger partial charge in [-0.2, -0.15) is 0 Å². The van der Waals surface area contributed by atoms with Crippen molar-refractivity contribution in [2.45, 2.75) is 19.3 Å². The minimum Gasteiger partial charge on any atom is -0.875 e. The topological polar surface area (TPSA) is 57.2 Å². The number of allylic oxidation sites excluding steroid dienone is 2. The fraction of sp³-hybridized carbons (Fsp3) is 0.429. The zero-order valence-corrected chi connectivity index (χ0v) is 8.42. The van der Waals surface area contributed by atoms with Gasteiger partial charge in [-0.1, -0.05) is 0 Å². The van der Waals surface area contributed by atoms with Crippen LogP contribution in [0.1, 0.15) is 19.3 Å². The Labute approximate surface area is 86.8 Å². The van der Waals surface area contributed by atoms with Crippen LogP contribution < -0.4 is 34.7 Å². The van der Waals surface area contributed by atoms with Crippen molar-refractivity contribution >= 4 is 12.1 Å². The van der Waals surface area contributed by atoms with Crippen LogP contribution in [0.25, 0.3) is 0 Å². The van der Waals surface area contributed by atoms with Crippen molar-refractivity contribution in [1.29, 1.82) is 0 Å². The van der Waals surface area contributed by atoms with Crippen LogP contribution >= 0.6 is 0 Å². The Morgan fingerprint density at radius 3 is 2.36 bits per heavy atom. The van der Waals surface area contributed by atoms with E-state index in [-0.39, 0.29) is 46.7 Å². The van der Waals surface area contributed by atoms with Crippen LogP contribution in [0, 0.1) is 0 Å². The van der Waals surface area contributed by atoms with E-state index < -0.39 is 0 Å². The molecule has 1 rings (SSSR count). The predicted octanol–water partition coefficient (Wildman–Crippen LogP) is -3.44. The molecule has 0 aromatic carbocycles. The number of ketones is 1. The summed E-state index contributed by atoms with van der Waals surface area (Å²) >= 11 is 0. The van der Waals surface area contributed by atoms with Crippen molar-refractivity contribution < 1.29 is 44.3 Å². The molecule has 1 aliphatic rings. The smallest absolute Gasteiger partial charge is 0.875 e. The molecule has 0 bridgehead atoms. The Morgan fingerprint density at radius 2 is 2.00 bits per heavy atom. The number of carbonyl (C=O) groups excluding carboxylic acids is 2. The van der Waals surface area contributed by atoms with E-state index in [1.165, 1.54) is 0 Å². The molecule has 0 amide bonds. The van der Waals surface area contributed by atoms with Crippen molar-refractivity contribution in [3.05, 3.63) is 11.3 Å². The van der Waals surface area contributed by atoms with Crippen LogP contribution in [-0.4, -0.2) is 12.1 Å². The van der Waals surface area contributed by atoms with E-state index in [0.29, 0.717) is 25.5 Å². The SMILES string of the molecule is O=CC1=C([O-])CCCC1=O.[Na+]. The van der Waals surface area contributed by atoms with E-state index in [0.717, 1.165) is 0 Å². The second kappa shape index (κ2) is 4.70. The maximum atomic E-state index is 10.7. The molecule has 0 saturated heterocycles. The quantitative estimate of drug-likeness (QED) is 0.229. The van der Waals surface area contributed by atoms with Crippen molar-refractivity contribution in [2.24, 2.45) is 0 Å². The third-order valence-electron chi connectivity index (χ3n) is 1.53. The van der Waals surface area contributed by atoms with Gasteiger partial charge in [0.2, 0.25) is 0 Å². The summed E-state index contributed by atoms with van der Waals surface area (Å²) in [6, 6.07) is 0. The molecule has 0 spiro atoms. The molecule has 0 radical (unpaired) electrons. The van der Waals surface area contributed by atoms with Crippen molar-refractivity contribution in [3.63, 3.8) is 0 Å². The summed E-state index contributed by atoms with van der Waals surface area (Å²) in [5.74, 6) is -0.600. The molecule has 0 N–H and O–H groups in total. The fourth-order valence-corrected chi connectivity index (χ4v) is 0.966. The summed E-state index contributed by atoms with van der Waals surface area (Å²) in [6.07, 6.45) is 1.65. The van der Waals surface area contributed by atoms with E-state index in [1.807, 2.05) is 0 Å². The first-order valence-corrected chi connectivity index (χ1v) is 3.14. The average Bonchev–Trinajstić information content (AvgIpc) is 1.88. The normalized spacial score (nSPS) is 17.6. The molecule has 11 heavy (non-hydrogen) atoms. The van der Waals surface area contributed by atoms with Gasteiger partial charge in [0.15, 0.2) is 12.1 Å². The molecule has 0 heterocycles. The van der Waals surface area contributed by atoms with Crippen LogP contribution in [0.3, 0.4) is 0 Å². The van der Waals surface area contributed by atoms with E-state index in [2.05, 4.69) is 0 Å². The summed E-state index contributed by atoms with van der Waals surface area (Å²) < 4.78 is 0. The van der Waals surface area contributed by atoms with Crippen LogP contribution in [0.4, 0.5) is 0 Å². The van der Waals surface area contributed by atoms with Gasteiger partial charge in [0, 0.05) is 12.0 Å². The first kappa shape index (κ1) is 10.9. The number of carbonyl (C=O) groups is 2. The summed E-state index contributed by atoms with van der Waals surface area (Å²) in [4.78, 5) is 20.8. The maximum Gasteiger partial charge on any atom is 1.00 e. The molecule has 0 atom stereocenters.